The van der Waals surface area contributed by atoms with E-state index in [1.807, 2.05) is 24.6 Å². The number of aromatic nitrogens is 1. The molecular weight excluding hydrogens is 460 g/mol. The molecule has 2 heterocycles. The fourth-order valence-electron chi connectivity index (χ4n) is 4.68. The number of nitrogens with zero attached hydrogens (tertiary/aromatic N) is 2. The van der Waals surface area contributed by atoms with Crippen molar-refractivity contribution >= 4 is 45.4 Å². The maximum atomic E-state index is 6.80. The summed E-state index contributed by atoms with van der Waals surface area (Å²) in [5, 5.41) is 0.814. The van der Waals surface area contributed by atoms with E-state index in [9.17, 15) is 0 Å². The van der Waals surface area contributed by atoms with Gasteiger partial charge in [0.05, 0.1) is 23.2 Å². The molecule has 1 fully saturated rings. The lowest BCUT2D eigenvalue weighted by atomic mass is 9.80. The lowest BCUT2D eigenvalue weighted by molar-refractivity contribution is 0.282. The molecule has 1 spiro atoms. The highest BCUT2D eigenvalue weighted by Crippen LogP contribution is 2.55. The van der Waals surface area contributed by atoms with E-state index in [4.69, 9.17) is 25.5 Å². The number of anilines is 1. The second-order valence-corrected chi connectivity index (χ2v) is 9.46. The van der Waals surface area contributed by atoms with Crippen LogP contribution in [-0.2, 0) is 16.1 Å². The van der Waals surface area contributed by atoms with Crippen molar-refractivity contribution in [1.29, 1.82) is 0 Å². The lowest BCUT2D eigenvalue weighted by Crippen LogP contribution is -2.31. The van der Waals surface area contributed by atoms with Gasteiger partial charge in [-0.25, -0.2) is 4.98 Å². The minimum absolute atomic E-state index is 0.0576. The molecule has 0 bridgehead atoms. The van der Waals surface area contributed by atoms with E-state index >= 15 is 0 Å². The molecule has 0 N–H and O–H groups in total. The summed E-state index contributed by atoms with van der Waals surface area (Å²) in [5.74, 6) is 2.46. The number of ether oxygens (including phenoxy) is 1. The van der Waals surface area contributed by atoms with Gasteiger partial charge in [-0.05, 0) is 70.8 Å². The topological polar surface area (TPSA) is 34.6 Å². The zero-order valence-corrected chi connectivity index (χ0v) is 19.2. The molecule has 4 nitrogen and oxygen atoms in total. The van der Waals surface area contributed by atoms with Crippen molar-refractivity contribution in [2.45, 2.75) is 31.2 Å². The minimum atomic E-state index is 0.0576. The molecule has 28 heavy (non-hydrogen) atoms. The number of benzene rings is 1. The highest BCUT2D eigenvalue weighted by atomic mass is 79.9. The first-order valence-electron chi connectivity index (χ1n) is 9.44. The monoisotopic (exact) mass is 482 g/mol. The molecule has 4 rings (SSSR count). The Morgan fingerprint density at radius 2 is 2.14 bits per heavy atom. The Morgan fingerprint density at radius 3 is 2.86 bits per heavy atom. The van der Waals surface area contributed by atoms with Gasteiger partial charge in [-0.2, -0.15) is 0 Å². The number of fused-ring (bicyclic) bond motifs is 2. The zero-order chi connectivity index (χ0) is 19.7. The largest absolute Gasteiger partial charge is 0.497 e. The van der Waals surface area contributed by atoms with Crippen LogP contribution >= 0.6 is 39.6 Å². The van der Waals surface area contributed by atoms with Gasteiger partial charge >= 0.3 is 0 Å². The van der Waals surface area contributed by atoms with Crippen molar-refractivity contribution in [2.75, 3.05) is 31.4 Å². The smallest absolute Gasteiger partial charge is 0.134 e. The molecule has 1 aromatic heterocycles. The summed E-state index contributed by atoms with van der Waals surface area (Å²) >= 11 is 11.8. The van der Waals surface area contributed by atoms with Crippen LogP contribution in [-0.4, -0.2) is 31.5 Å². The van der Waals surface area contributed by atoms with Crippen molar-refractivity contribution < 1.29 is 8.92 Å². The predicted molar refractivity (Wildman–Crippen MR) is 119 cm³/mol. The molecule has 1 aromatic carbocycles. The third-order valence-electron chi connectivity index (χ3n) is 5.94. The third-order valence-corrected chi connectivity index (χ3v) is 7.53. The van der Waals surface area contributed by atoms with Gasteiger partial charge in [-0.15, -0.1) is 0 Å². The minimum Gasteiger partial charge on any atom is -0.497 e. The first kappa shape index (κ1) is 20.3. The fraction of sp³-hybridized carbons (Fsp3) is 0.476. The Balaban J connectivity index is 1.63. The fourth-order valence-corrected chi connectivity index (χ4v) is 5.64. The van der Waals surface area contributed by atoms with Gasteiger partial charge in [-0.3, -0.25) is 0 Å². The molecule has 2 aliphatic rings. The number of methoxy groups -OCH3 is 1. The summed E-state index contributed by atoms with van der Waals surface area (Å²) in [6.45, 7) is 2.57. The first-order valence-corrected chi connectivity index (χ1v) is 11.8. The van der Waals surface area contributed by atoms with E-state index in [1.54, 1.807) is 7.11 Å². The molecule has 0 radical (unpaired) electrons. The summed E-state index contributed by atoms with van der Waals surface area (Å²) < 4.78 is 11.8. The van der Waals surface area contributed by atoms with Crippen LogP contribution in [0.2, 0.25) is 5.02 Å². The van der Waals surface area contributed by atoms with Crippen molar-refractivity contribution in [3.8, 4) is 5.75 Å². The predicted octanol–water partition coefficient (Wildman–Crippen LogP) is 5.86. The summed E-state index contributed by atoms with van der Waals surface area (Å²) in [7, 11) is 1.69. The number of halogens is 2. The average Bonchev–Trinajstić information content (AvgIpc) is 3.25. The number of hydrogen-bond acceptors (Lipinski definition) is 5. The quantitative estimate of drug-likeness (QED) is 0.481. The standard InChI is InChI=1S/C21H24BrClN2O2S/c1-26-16-5-3-14(4-6-16)11-25-13-21(8-7-15(9-21)12-27-28-2)18-19(23)17(22)10-24-20(18)25/h3-6,10,15H,7-9,11-13H2,1-2H3. The lowest BCUT2D eigenvalue weighted by Gasteiger charge is -2.26. The normalized spacial score (nSPS) is 23.4. The summed E-state index contributed by atoms with van der Waals surface area (Å²) in [4.78, 5) is 7.15. The maximum absolute atomic E-state index is 6.80. The molecule has 2 aromatic rings. The Hall–Kier alpha value is -0.950. The van der Waals surface area contributed by atoms with E-state index < -0.39 is 0 Å². The Kier molecular flexibility index (Phi) is 6.12. The van der Waals surface area contributed by atoms with Crippen molar-refractivity contribution in [3.63, 3.8) is 0 Å². The second-order valence-electron chi connectivity index (χ2n) is 7.66. The number of pyridine rings is 1. The Morgan fingerprint density at radius 1 is 1.36 bits per heavy atom. The molecule has 0 amide bonds. The van der Waals surface area contributed by atoms with Gasteiger partial charge < -0.3 is 13.8 Å². The second kappa shape index (κ2) is 8.42. The van der Waals surface area contributed by atoms with Crippen molar-refractivity contribution in [1.82, 2.24) is 4.98 Å². The van der Waals surface area contributed by atoms with Gasteiger partial charge in [0.15, 0.2) is 0 Å². The van der Waals surface area contributed by atoms with E-state index in [0.717, 1.165) is 53.6 Å². The van der Waals surface area contributed by atoms with Crippen LogP contribution < -0.4 is 9.64 Å². The van der Waals surface area contributed by atoms with Crippen LogP contribution in [0.3, 0.4) is 0 Å². The molecule has 1 aliphatic carbocycles. The van der Waals surface area contributed by atoms with Crippen LogP contribution in [0.1, 0.15) is 30.4 Å². The first-order chi connectivity index (χ1) is 13.6. The maximum Gasteiger partial charge on any atom is 0.134 e. The summed E-state index contributed by atoms with van der Waals surface area (Å²) in [6, 6.07) is 8.26. The average molecular weight is 484 g/mol. The van der Waals surface area contributed by atoms with E-state index in [1.165, 1.54) is 29.6 Å². The SMILES string of the molecule is COc1ccc(CN2CC3(CCC(COSC)C3)c3c2ncc(Br)c3Cl)cc1. The molecule has 0 saturated heterocycles. The van der Waals surface area contributed by atoms with Crippen LogP contribution in [0.15, 0.2) is 34.9 Å². The molecule has 2 unspecified atom stereocenters. The van der Waals surface area contributed by atoms with Crippen molar-refractivity contribution in [2.24, 2.45) is 5.92 Å². The van der Waals surface area contributed by atoms with E-state index in [-0.39, 0.29) is 5.41 Å². The molecule has 2 atom stereocenters. The van der Waals surface area contributed by atoms with Crippen LogP contribution in [0.5, 0.6) is 5.75 Å². The Bertz CT molecular complexity index is 851. The Labute approximate surface area is 184 Å². The summed E-state index contributed by atoms with van der Waals surface area (Å²) in [5.41, 5.74) is 2.51. The molecule has 1 aliphatic heterocycles. The highest BCUT2D eigenvalue weighted by molar-refractivity contribution is 9.10. The van der Waals surface area contributed by atoms with E-state index in [2.05, 4.69) is 33.0 Å². The van der Waals surface area contributed by atoms with Gasteiger partial charge in [0, 0.05) is 36.5 Å². The molecule has 1 saturated carbocycles. The van der Waals surface area contributed by atoms with Crippen LogP contribution in [0, 0.1) is 5.92 Å². The molecule has 150 valence electrons. The van der Waals surface area contributed by atoms with Crippen molar-refractivity contribution in [3.05, 3.63) is 51.1 Å². The molecule has 7 heteroatoms. The number of hydrogen-bond donors (Lipinski definition) is 0. The van der Waals surface area contributed by atoms with Gasteiger partial charge in [0.25, 0.3) is 0 Å². The van der Waals surface area contributed by atoms with Gasteiger partial charge in [0.2, 0.25) is 0 Å². The van der Waals surface area contributed by atoms with Gasteiger partial charge in [0.1, 0.15) is 11.6 Å². The summed E-state index contributed by atoms with van der Waals surface area (Å²) in [6.07, 6.45) is 7.19. The highest BCUT2D eigenvalue weighted by Gasteiger charge is 2.50. The van der Waals surface area contributed by atoms with Gasteiger partial charge in [-0.1, -0.05) is 23.7 Å². The third kappa shape index (κ3) is 3.76. The van der Waals surface area contributed by atoms with Crippen LogP contribution in [0.25, 0.3) is 0 Å². The molecular formula is C21H24BrClN2O2S. The zero-order valence-electron chi connectivity index (χ0n) is 16.1. The van der Waals surface area contributed by atoms with E-state index in [0.29, 0.717) is 5.92 Å². The number of rotatable bonds is 6. The van der Waals surface area contributed by atoms with Crippen LogP contribution in [0.4, 0.5) is 5.82 Å².